The fourth-order valence-electron chi connectivity index (χ4n) is 3.75. The van der Waals surface area contributed by atoms with Gasteiger partial charge in [0.1, 0.15) is 12.4 Å². The van der Waals surface area contributed by atoms with Gasteiger partial charge in [0.15, 0.2) is 5.96 Å². The topological polar surface area (TPSA) is 79.1 Å². The van der Waals surface area contributed by atoms with E-state index in [1.165, 1.54) is 25.7 Å². The van der Waals surface area contributed by atoms with Gasteiger partial charge >= 0.3 is 6.09 Å². The molecule has 2 fully saturated rings. The molecule has 1 aromatic carbocycles. The zero-order valence-electron chi connectivity index (χ0n) is 16.6. The maximum atomic E-state index is 11.7. The molecule has 2 heterocycles. The molecule has 0 bridgehead atoms. The number of cyclic esters (lactones) is 1. The summed E-state index contributed by atoms with van der Waals surface area (Å²) in [7, 11) is 0. The van der Waals surface area contributed by atoms with Gasteiger partial charge in [0.25, 0.3) is 0 Å². The number of ether oxygens (including phenoxy) is 1. The quantitative estimate of drug-likeness (QED) is 0.554. The minimum Gasteiger partial charge on any atom is -0.469 e. The van der Waals surface area contributed by atoms with Crippen LogP contribution in [0.1, 0.15) is 37.0 Å². The molecule has 1 amide bonds. The molecule has 1 saturated carbocycles. The Bertz CT molecular complexity index is 811. The molecule has 1 saturated heterocycles. The summed E-state index contributed by atoms with van der Waals surface area (Å²) in [5, 5.41) is 6.99. The first-order valence-corrected chi connectivity index (χ1v) is 10.4. The second kappa shape index (κ2) is 9.49. The lowest BCUT2D eigenvalue weighted by molar-refractivity contribution is 0.181. The number of carbonyl (C=O) groups is 1. The molecular formula is C22H28N4O3. The number of hydrogen-bond donors (Lipinski definition) is 2. The van der Waals surface area contributed by atoms with Crippen molar-refractivity contribution in [1.82, 2.24) is 10.6 Å². The first-order chi connectivity index (χ1) is 14.3. The lowest BCUT2D eigenvalue weighted by Crippen LogP contribution is -2.43. The van der Waals surface area contributed by atoms with E-state index in [1.807, 2.05) is 36.4 Å². The number of amides is 1. The maximum absolute atomic E-state index is 11.7. The van der Waals surface area contributed by atoms with Gasteiger partial charge in [0.05, 0.1) is 19.4 Å². The normalized spacial score (nSPS) is 17.6. The molecule has 2 N–H and O–H groups in total. The highest BCUT2D eigenvalue weighted by atomic mass is 16.6. The van der Waals surface area contributed by atoms with Crippen molar-refractivity contribution < 1.29 is 13.9 Å². The summed E-state index contributed by atoms with van der Waals surface area (Å²) in [6, 6.07) is 12.3. The zero-order chi connectivity index (χ0) is 19.9. The van der Waals surface area contributed by atoms with Gasteiger partial charge < -0.3 is 19.8 Å². The second-order valence-electron chi connectivity index (χ2n) is 7.48. The van der Waals surface area contributed by atoms with Gasteiger partial charge in [-0.25, -0.2) is 9.79 Å². The summed E-state index contributed by atoms with van der Waals surface area (Å²) in [6.45, 7) is 2.39. The van der Waals surface area contributed by atoms with E-state index >= 15 is 0 Å². The maximum Gasteiger partial charge on any atom is 0.414 e. The van der Waals surface area contributed by atoms with Crippen LogP contribution in [0.25, 0.3) is 0 Å². The SMILES string of the molecule is O=C1OCCN1c1ccc(CN=C(NCCc2ccco2)NC2CCCC2)cc1. The number of nitrogens with one attached hydrogen (secondary N) is 2. The Morgan fingerprint density at radius 3 is 2.69 bits per heavy atom. The Labute approximate surface area is 171 Å². The summed E-state index contributed by atoms with van der Waals surface area (Å²) < 4.78 is 10.4. The highest BCUT2D eigenvalue weighted by Gasteiger charge is 2.23. The van der Waals surface area contributed by atoms with E-state index in [0.717, 1.165) is 35.9 Å². The van der Waals surface area contributed by atoms with Crippen LogP contribution in [0.4, 0.5) is 10.5 Å². The van der Waals surface area contributed by atoms with E-state index in [2.05, 4.69) is 10.6 Å². The average Bonchev–Trinajstić information content (AvgIpc) is 3.50. The van der Waals surface area contributed by atoms with E-state index < -0.39 is 0 Å². The van der Waals surface area contributed by atoms with Gasteiger partial charge in [-0.15, -0.1) is 0 Å². The summed E-state index contributed by atoms with van der Waals surface area (Å²) in [6.07, 6.45) is 7.18. The number of guanidine groups is 1. The van der Waals surface area contributed by atoms with Crippen LogP contribution in [0, 0.1) is 0 Å². The molecule has 29 heavy (non-hydrogen) atoms. The third kappa shape index (κ3) is 5.31. The second-order valence-corrected chi connectivity index (χ2v) is 7.48. The number of anilines is 1. The van der Waals surface area contributed by atoms with Crippen molar-refractivity contribution in [3.8, 4) is 0 Å². The number of rotatable bonds is 7. The fourth-order valence-corrected chi connectivity index (χ4v) is 3.75. The number of hydrogen-bond acceptors (Lipinski definition) is 4. The Balaban J connectivity index is 1.35. The standard InChI is InChI=1S/C22H28N4O3/c27-22-26(13-15-29-22)19-9-7-17(8-10-19)16-24-21(25-18-4-1-2-5-18)23-12-11-20-6-3-14-28-20/h3,6-10,14,18H,1-2,4-5,11-13,15-16H2,(H2,23,24,25). The number of nitrogens with zero attached hydrogens (tertiary/aromatic N) is 2. The van der Waals surface area contributed by atoms with Crippen LogP contribution in [0.2, 0.25) is 0 Å². The number of furan rings is 1. The van der Waals surface area contributed by atoms with Crippen LogP contribution in [-0.2, 0) is 17.7 Å². The minimum absolute atomic E-state index is 0.278. The fraction of sp³-hybridized carbons (Fsp3) is 0.455. The molecule has 0 unspecified atom stereocenters. The van der Waals surface area contributed by atoms with E-state index in [1.54, 1.807) is 11.2 Å². The third-order valence-electron chi connectivity index (χ3n) is 5.37. The molecule has 1 aliphatic carbocycles. The van der Waals surface area contributed by atoms with Crippen LogP contribution in [0.3, 0.4) is 0 Å². The van der Waals surface area contributed by atoms with Crippen LogP contribution in [-0.4, -0.2) is 37.8 Å². The predicted molar refractivity (Wildman–Crippen MR) is 112 cm³/mol. The van der Waals surface area contributed by atoms with Crippen molar-refractivity contribution in [1.29, 1.82) is 0 Å². The Morgan fingerprint density at radius 1 is 1.17 bits per heavy atom. The lowest BCUT2D eigenvalue weighted by atomic mass is 10.2. The molecule has 1 aromatic heterocycles. The van der Waals surface area contributed by atoms with Gasteiger partial charge in [0, 0.05) is 24.7 Å². The summed E-state index contributed by atoms with van der Waals surface area (Å²) in [4.78, 5) is 18.1. The molecule has 2 aromatic rings. The molecule has 2 aliphatic rings. The van der Waals surface area contributed by atoms with Crippen molar-refractivity contribution in [2.45, 2.75) is 44.7 Å². The van der Waals surface area contributed by atoms with Crippen LogP contribution >= 0.6 is 0 Å². The van der Waals surface area contributed by atoms with E-state index in [9.17, 15) is 4.79 Å². The molecule has 4 rings (SSSR count). The zero-order valence-corrected chi connectivity index (χ0v) is 16.6. The first-order valence-electron chi connectivity index (χ1n) is 10.4. The van der Waals surface area contributed by atoms with Crippen LogP contribution < -0.4 is 15.5 Å². The van der Waals surface area contributed by atoms with Crippen molar-refractivity contribution in [2.75, 3.05) is 24.6 Å². The highest BCUT2D eigenvalue weighted by molar-refractivity contribution is 5.89. The van der Waals surface area contributed by atoms with Crippen LogP contribution in [0.5, 0.6) is 0 Å². The smallest absolute Gasteiger partial charge is 0.414 e. The highest BCUT2D eigenvalue weighted by Crippen LogP contribution is 2.20. The molecule has 0 atom stereocenters. The van der Waals surface area contributed by atoms with E-state index in [4.69, 9.17) is 14.1 Å². The van der Waals surface area contributed by atoms with E-state index in [-0.39, 0.29) is 6.09 Å². The number of aliphatic imine (C=N–C) groups is 1. The van der Waals surface area contributed by atoms with Gasteiger partial charge in [-0.1, -0.05) is 25.0 Å². The Kier molecular flexibility index (Phi) is 6.34. The van der Waals surface area contributed by atoms with Crippen LogP contribution in [0.15, 0.2) is 52.1 Å². The summed E-state index contributed by atoms with van der Waals surface area (Å²) >= 11 is 0. The predicted octanol–water partition coefficient (Wildman–Crippen LogP) is 3.46. The van der Waals surface area contributed by atoms with E-state index in [0.29, 0.717) is 25.7 Å². The van der Waals surface area contributed by atoms with Gasteiger partial charge in [0.2, 0.25) is 0 Å². The largest absolute Gasteiger partial charge is 0.469 e. The first kappa shape index (κ1) is 19.4. The third-order valence-corrected chi connectivity index (χ3v) is 5.37. The summed E-state index contributed by atoms with van der Waals surface area (Å²) in [5.41, 5.74) is 1.96. The molecule has 7 heteroatoms. The van der Waals surface area contributed by atoms with Crippen molar-refractivity contribution in [2.24, 2.45) is 4.99 Å². The molecule has 1 aliphatic heterocycles. The Morgan fingerprint density at radius 2 is 2.00 bits per heavy atom. The van der Waals surface area contributed by atoms with Crippen molar-refractivity contribution >= 4 is 17.7 Å². The Hall–Kier alpha value is -2.96. The lowest BCUT2D eigenvalue weighted by Gasteiger charge is -2.17. The average molecular weight is 396 g/mol. The van der Waals surface area contributed by atoms with Gasteiger partial charge in [-0.05, 0) is 42.7 Å². The number of carbonyl (C=O) groups excluding carboxylic acids is 1. The van der Waals surface area contributed by atoms with Crippen molar-refractivity contribution in [3.63, 3.8) is 0 Å². The molecule has 154 valence electrons. The molecule has 0 spiro atoms. The molecule has 7 nitrogen and oxygen atoms in total. The minimum atomic E-state index is -0.278. The molecule has 0 radical (unpaired) electrons. The van der Waals surface area contributed by atoms with Crippen molar-refractivity contribution in [3.05, 3.63) is 54.0 Å². The molecular weight excluding hydrogens is 368 g/mol. The van der Waals surface area contributed by atoms with Gasteiger partial charge in [-0.3, -0.25) is 4.90 Å². The number of benzene rings is 1. The van der Waals surface area contributed by atoms with Gasteiger partial charge in [-0.2, -0.15) is 0 Å². The monoisotopic (exact) mass is 396 g/mol. The summed E-state index contributed by atoms with van der Waals surface area (Å²) in [5.74, 6) is 1.81.